The number of rotatable bonds is 11. The van der Waals surface area contributed by atoms with Gasteiger partial charge >= 0.3 is 5.97 Å². The Labute approximate surface area is 262 Å². The van der Waals surface area contributed by atoms with Gasteiger partial charge in [-0.2, -0.15) is 0 Å². The molecule has 2 fully saturated rings. The molecule has 1 aliphatic carbocycles. The molecule has 11 heteroatoms. The van der Waals surface area contributed by atoms with E-state index in [1.807, 2.05) is 26.0 Å². The van der Waals surface area contributed by atoms with Crippen LogP contribution in [0.15, 0.2) is 78.9 Å². The first-order valence-corrected chi connectivity index (χ1v) is 16.5. The lowest BCUT2D eigenvalue weighted by Gasteiger charge is -2.50. The summed E-state index contributed by atoms with van der Waals surface area (Å²) in [5.74, 6) is -1.92. The zero-order valence-corrected chi connectivity index (χ0v) is 26.2. The van der Waals surface area contributed by atoms with Gasteiger partial charge in [0.2, 0.25) is 10.0 Å². The summed E-state index contributed by atoms with van der Waals surface area (Å²) in [7, 11) is -3.72. The molecule has 1 saturated heterocycles. The molecule has 0 radical (unpaired) electrons. The van der Waals surface area contributed by atoms with Crippen LogP contribution < -0.4 is 4.31 Å². The molecule has 0 spiro atoms. The predicted octanol–water partition coefficient (Wildman–Crippen LogP) is 6.50. The summed E-state index contributed by atoms with van der Waals surface area (Å²) >= 11 is 12.6. The lowest BCUT2D eigenvalue weighted by atomic mass is 9.88. The van der Waals surface area contributed by atoms with Gasteiger partial charge in [-0.05, 0) is 66.3 Å². The normalized spacial score (nSPS) is 21.6. The van der Waals surface area contributed by atoms with Crippen molar-refractivity contribution in [3.63, 3.8) is 0 Å². The third kappa shape index (κ3) is 6.85. The van der Waals surface area contributed by atoms with Crippen molar-refractivity contribution >= 4 is 50.8 Å². The van der Waals surface area contributed by atoms with E-state index in [1.54, 1.807) is 71.6 Å². The number of ether oxygens (including phenoxy) is 1. The number of para-hydroxylation sites is 1. The van der Waals surface area contributed by atoms with E-state index in [2.05, 4.69) is 0 Å². The van der Waals surface area contributed by atoms with Gasteiger partial charge in [-0.25, -0.2) is 8.42 Å². The minimum atomic E-state index is -3.72. The number of aliphatic carboxylic acids is 1. The van der Waals surface area contributed by atoms with Crippen LogP contribution in [-0.2, 0) is 24.3 Å². The van der Waals surface area contributed by atoms with Crippen molar-refractivity contribution in [1.82, 2.24) is 4.90 Å². The number of carboxylic acid groups (broad SMARTS) is 1. The third-order valence-corrected chi connectivity index (χ3v) is 10.7. The highest BCUT2D eigenvalue weighted by Gasteiger charge is 2.50. The molecule has 5 rings (SSSR count). The summed E-state index contributed by atoms with van der Waals surface area (Å²) < 4.78 is 35.4. The molecule has 4 atom stereocenters. The first-order valence-electron chi connectivity index (χ1n) is 14.2. The zero-order chi connectivity index (χ0) is 30.9. The Bertz CT molecular complexity index is 1560. The van der Waals surface area contributed by atoms with E-state index in [0.717, 1.165) is 0 Å². The number of hydrogen-bond acceptors (Lipinski definition) is 5. The molecule has 1 heterocycles. The van der Waals surface area contributed by atoms with Crippen LogP contribution in [0.1, 0.15) is 56.4 Å². The molecule has 1 N–H and O–H groups in total. The molecule has 8 nitrogen and oxygen atoms in total. The number of carbonyl (C=O) groups is 2. The number of benzene rings is 3. The van der Waals surface area contributed by atoms with Gasteiger partial charge in [-0.1, -0.05) is 79.5 Å². The zero-order valence-electron chi connectivity index (χ0n) is 23.8. The lowest BCUT2D eigenvalue weighted by Crippen LogP contribution is -2.59. The number of nitrogens with zero attached hydrogens (tertiary/aromatic N) is 2. The Morgan fingerprint density at radius 1 is 0.977 bits per heavy atom. The number of carbonyl (C=O) groups excluding carboxylic acids is 1. The molecular weight excluding hydrogens is 611 g/mol. The summed E-state index contributed by atoms with van der Waals surface area (Å²) in [5.41, 5.74) is 1.88. The largest absolute Gasteiger partial charge is 0.481 e. The number of morpholine rings is 1. The standard InChI is InChI=1S/C32H34Cl2N2O6S/c1-20(2)27(19-35(25-9-4-3-5-10-25)43(40,41)26-15-16-26)36-30(21-11-13-23(33)14-12-21)31(22-7-6-8-24(34)17-22)42-28(32(36)39)18-29(37)38/h3-14,17,20,26-28,30-31H,15-16,18-19H2,1-2H3,(H,37,38)/t27-,28+,30?,31+/m0/s1. The maximum absolute atomic E-state index is 14.3. The minimum absolute atomic E-state index is 0.0155. The maximum atomic E-state index is 14.3. The second kappa shape index (κ2) is 12.9. The van der Waals surface area contributed by atoms with Crippen LogP contribution in [-0.4, -0.2) is 54.2 Å². The van der Waals surface area contributed by atoms with Crippen molar-refractivity contribution in [2.45, 2.75) is 62.7 Å². The summed E-state index contributed by atoms with van der Waals surface area (Å²) in [6, 6.07) is 21.6. The van der Waals surface area contributed by atoms with E-state index in [9.17, 15) is 23.1 Å². The monoisotopic (exact) mass is 644 g/mol. The number of hydrogen-bond donors (Lipinski definition) is 1. The summed E-state index contributed by atoms with van der Waals surface area (Å²) in [6.07, 6.45) is -1.48. The van der Waals surface area contributed by atoms with Crippen molar-refractivity contribution < 1.29 is 27.9 Å². The third-order valence-electron chi connectivity index (χ3n) is 7.95. The van der Waals surface area contributed by atoms with Gasteiger partial charge in [0.05, 0.1) is 36.0 Å². The number of anilines is 1. The van der Waals surface area contributed by atoms with Crippen LogP contribution in [0.4, 0.5) is 5.69 Å². The van der Waals surface area contributed by atoms with Crippen molar-refractivity contribution in [2.75, 3.05) is 10.8 Å². The summed E-state index contributed by atoms with van der Waals surface area (Å²) in [5, 5.41) is 10.2. The fourth-order valence-corrected chi connectivity index (χ4v) is 7.84. The number of sulfonamides is 1. The highest BCUT2D eigenvalue weighted by atomic mass is 35.5. The Hall–Kier alpha value is -3.11. The van der Waals surface area contributed by atoms with Gasteiger partial charge in [0.15, 0.2) is 0 Å². The molecule has 0 bridgehead atoms. The van der Waals surface area contributed by atoms with Gasteiger partial charge in [-0.15, -0.1) is 0 Å². The number of halogens is 2. The number of amides is 1. The first kappa shape index (κ1) is 31.3. The average molecular weight is 646 g/mol. The predicted molar refractivity (Wildman–Crippen MR) is 167 cm³/mol. The quantitative estimate of drug-likeness (QED) is 0.255. The van der Waals surface area contributed by atoms with Crippen LogP contribution in [0.2, 0.25) is 10.0 Å². The fourth-order valence-electron chi connectivity index (χ4n) is 5.65. The molecule has 1 amide bonds. The molecular formula is C32H34Cl2N2O6S. The lowest BCUT2D eigenvalue weighted by molar-refractivity contribution is -0.184. The van der Waals surface area contributed by atoms with E-state index in [0.29, 0.717) is 39.7 Å². The fraction of sp³-hybridized carbons (Fsp3) is 0.375. The van der Waals surface area contributed by atoms with Crippen molar-refractivity contribution in [1.29, 1.82) is 0 Å². The Morgan fingerprint density at radius 2 is 1.65 bits per heavy atom. The molecule has 2 aliphatic rings. The Balaban J connectivity index is 1.67. The van der Waals surface area contributed by atoms with Crippen molar-refractivity contribution in [3.8, 4) is 0 Å². The van der Waals surface area contributed by atoms with Crippen LogP contribution >= 0.6 is 23.2 Å². The van der Waals surface area contributed by atoms with E-state index in [-0.39, 0.29) is 12.5 Å². The topological polar surface area (TPSA) is 104 Å². The molecule has 3 aromatic rings. The Kier molecular flexibility index (Phi) is 9.37. The minimum Gasteiger partial charge on any atom is -0.481 e. The van der Waals surface area contributed by atoms with Crippen molar-refractivity contribution in [2.24, 2.45) is 5.92 Å². The second-order valence-electron chi connectivity index (χ2n) is 11.4. The van der Waals surface area contributed by atoms with Gasteiger partial charge in [0.25, 0.3) is 5.91 Å². The van der Waals surface area contributed by atoms with E-state index < -0.39 is 57.9 Å². The summed E-state index contributed by atoms with van der Waals surface area (Å²) in [4.78, 5) is 27.9. The second-order valence-corrected chi connectivity index (χ2v) is 14.4. The van der Waals surface area contributed by atoms with Crippen LogP contribution in [0.3, 0.4) is 0 Å². The summed E-state index contributed by atoms with van der Waals surface area (Å²) in [6.45, 7) is 3.85. The van der Waals surface area contributed by atoms with Gasteiger partial charge in [0.1, 0.15) is 12.2 Å². The highest BCUT2D eigenvalue weighted by molar-refractivity contribution is 7.93. The smallest absolute Gasteiger partial charge is 0.306 e. The van der Waals surface area contributed by atoms with Crippen molar-refractivity contribution in [3.05, 3.63) is 100 Å². The molecule has 228 valence electrons. The average Bonchev–Trinajstić information content (AvgIpc) is 3.82. The molecule has 1 unspecified atom stereocenters. The van der Waals surface area contributed by atoms with Gasteiger partial charge in [0, 0.05) is 10.0 Å². The van der Waals surface area contributed by atoms with E-state index in [1.165, 1.54) is 4.31 Å². The first-order chi connectivity index (χ1) is 20.5. The molecule has 43 heavy (non-hydrogen) atoms. The number of carboxylic acids is 1. The molecule has 1 saturated carbocycles. The van der Waals surface area contributed by atoms with Gasteiger partial charge < -0.3 is 14.7 Å². The van der Waals surface area contributed by atoms with Crippen LogP contribution in [0.25, 0.3) is 0 Å². The molecule has 3 aromatic carbocycles. The van der Waals surface area contributed by atoms with E-state index >= 15 is 0 Å². The van der Waals surface area contributed by atoms with E-state index in [4.69, 9.17) is 27.9 Å². The molecule has 1 aliphatic heterocycles. The van der Waals surface area contributed by atoms with Gasteiger partial charge in [-0.3, -0.25) is 13.9 Å². The SMILES string of the molecule is CC(C)[C@H](CN(c1ccccc1)S(=O)(=O)C1CC1)N1C(=O)[C@@H](CC(=O)O)O[C@H](c2cccc(Cl)c2)C1c1ccc(Cl)cc1. The highest BCUT2D eigenvalue weighted by Crippen LogP contribution is 2.46. The molecule has 0 aromatic heterocycles. The maximum Gasteiger partial charge on any atom is 0.306 e. The van der Waals surface area contributed by atoms with Crippen LogP contribution in [0, 0.1) is 5.92 Å². The van der Waals surface area contributed by atoms with Crippen LogP contribution in [0.5, 0.6) is 0 Å². The Morgan fingerprint density at radius 3 is 2.23 bits per heavy atom.